The first-order chi connectivity index (χ1) is 8.66. The predicted molar refractivity (Wildman–Crippen MR) is 72.5 cm³/mol. The lowest BCUT2D eigenvalue weighted by molar-refractivity contribution is 0.534. The molecule has 0 saturated heterocycles. The van der Waals surface area contributed by atoms with Crippen LogP contribution in [0.4, 0.5) is 0 Å². The van der Waals surface area contributed by atoms with E-state index < -0.39 is 0 Å². The monoisotopic (exact) mass is 244 g/mol. The molecule has 1 aliphatic carbocycles. The minimum absolute atomic E-state index is 0.336. The van der Waals surface area contributed by atoms with E-state index in [0.717, 1.165) is 30.4 Å². The van der Waals surface area contributed by atoms with E-state index in [1.165, 1.54) is 5.82 Å². The third-order valence-electron chi connectivity index (χ3n) is 3.83. The lowest BCUT2D eigenvalue weighted by atomic mass is 10.1. The zero-order chi connectivity index (χ0) is 12.7. The fourth-order valence-electron chi connectivity index (χ4n) is 3.00. The van der Waals surface area contributed by atoms with Gasteiger partial charge in [0.05, 0.1) is 0 Å². The van der Waals surface area contributed by atoms with Gasteiger partial charge in [0, 0.05) is 24.2 Å². The van der Waals surface area contributed by atoms with Gasteiger partial charge >= 0.3 is 0 Å². The van der Waals surface area contributed by atoms with Crippen molar-refractivity contribution in [3.63, 3.8) is 0 Å². The van der Waals surface area contributed by atoms with Crippen molar-refractivity contribution in [2.24, 2.45) is 5.73 Å². The molecular formula is C14H20N4. The number of pyridine rings is 1. The summed E-state index contributed by atoms with van der Waals surface area (Å²) in [7, 11) is 0. The van der Waals surface area contributed by atoms with Gasteiger partial charge in [-0.15, -0.1) is 0 Å². The minimum atomic E-state index is 0.336. The Morgan fingerprint density at radius 1 is 1.39 bits per heavy atom. The van der Waals surface area contributed by atoms with Crippen LogP contribution in [0, 0.1) is 0 Å². The van der Waals surface area contributed by atoms with Crippen LogP contribution >= 0.6 is 0 Å². The van der Waals surface area contributed by atoms with Crippen molar-refractivity contribution in [1.29, 1.82) is 0 Å². The van der Waals surface area contributed by atoms with Crippen molar-refractivity contribution in [2.75, 3.05) is 0 Å². The van der Waals surface area contributed by atoms with Gasteiger partial charge in [-0.05, 0) is 45.2 Å². The standard InChI is InChI=1S/C14H20N4/c1-9(2)18-13(10-5-6-11(15)8-10)17-12-4-3-7-16-14(12)18/h3-4,7,9-11H,5-6,8,15H2,1-2H3/t10-,11+/m1/s1. The molecule has 2 aromatic rings. The number of hydrogen-bond acceptors (Lipinski definition) is 3. The maximum atomic E-state index is 6.03. The van der Waals surface area contributed by atoms with Crippen LogP contribution < -0.4 is 5.73 Å². The number of fused-ring (bicyclic) bond motifs is 1. The van der Waals surface area contributed by atoms with Crippen molar-refractivity contribution in [2.45, 2.75) is 51.1 Å². The van der Waals surface area contributed by atoms with Crippen molar-refractivity contribution >= 4 is 11.2 Å². The lowest BCUT2D eigenvalue weighted by Gasteiger charge is -2.16. The Morgan fingerprint density at radius 3 is 2.89 bits per heavy atom. The molecule has 0 amide bonds. The van der Waals surface area contributed by atoms with Gasteiger partial charge in [0.25, 0.3) is 0 Å². The van der Waals surface area contributed by atoms with Gasteiger partial charge < -0.3 is 10.3 Å². The quantitative estimate of drug-likeness (QED) is 0.883. The molecule has 18 heavy (non-hydrogen) atoms. The van der Waals surface area contributed by atoms with Gasteiger partial charge in [0.15, 0.2) is 5.65 Å². The highest BCUT2D eigenvalue weighted by Gasteiger charge is 2.28. The summed E-state index contributed by atoms with van der Waals surface area (Å²) in [6.07, 6.45) is 5.15. The van der Waals surface area contributed by atoms with Crippen molar-refractivity contribution < 1.29 is 0 Å². The van der Waals surface area contributed by atoms with Crippen LogP contribution in [-0.4, -0.2) is 20.6 Å². The Kier molecular flexibility index (Phi) is 2.82. The van der Waals surface area contributed by atoms with Gasteiger partial charge in [-0.25, -0.2) is 9.97 Å². The third kappa shape index (κ3) is 1.81. The summed E-state index contributed by atoms with van der Waals surface area (Å²) in [5.74, 6) is 1.67. The fraction of sp³-hybridized carbons (Fsp3) is 0.571. The Balaban J connectivity index is 2.13. The van der Waals surface area contributed by atoms with Gasteiger partial charge in [-0.3, -0.25) is 0 Å². The smallest absolute Gasteiger partial charge is 0.160 e. The van der Waals surface area contributed by atoms with Crippen LogP contribution in [0.3, 0.4) is 0 Å². The van der Waals surface area contributed by atoms with Crippen LogP contribution in [0.5, 0.6) is 0 Å². The lowest BCUT2D eigenvalue weighted by Crippen LogP contribution is -2.16. The number of aromatic nitrogens is 3. The summed E-state index contributed by atoms with van der Waals surface area (Å²) < 4.78 is 2.28. The highest BCUT2D eigenvalue weighted by atomic mass is 15.1. The first kappa shape index (κ1) is 11.7. The second-order valence-electron chi connectivity index (χ2n) is 5.55. The number of rotatable bonds is 2. The van der Waals surface area contributed by atoms with E-state index in [-0.39, 0.29) is 0 Å². The second kappa shape index (κ2) is 4.35. The van der Waals surface area contributed by atoms with Gasteiger partial charge in [-0.2, -0.15) is 0 Å². The summed E-state index contributed by atoms with van der Waals surface area (Å²) in [6, 6.07) is 4.71. The van der Waals surface area contributed by atoms with Crippen LogP contribution in [0.15, 0.2) is 18.3 Å². The molecule has 0 radical (unpaired) electrons. The molecule has 0 unspecified atom stereocenters. The molecular weight excluding hydrogens is 224 g/mol. The Hall–Kier alpha value is -1.42. The molecule has 0 aromatic carbocycles. The van der Waals surface area contributed by atoms with Gasteiger partial charge in [0.2, 0.25) is 0 Å². The normalized spacial score (nSPS) is 24.2. The number of imidazole rings is 1. The Morgan fingerprint density at radius 2 is 2.22 bits per heavy atom. The van der Waals surface area contributed by atoms with E-state index in [0.29, 0.717) is 18.0 Å². The fourth-order valence-corrected chi connectivity index (χ4v) is 3.00. The van der Waals surface area contributed by atoms with E-state index in [1.54, 1.807) is 0 Å². The Bertz CT molecular complexity index is 558. The van der Waals surface area contributed by atoms with Crippen molar-refractivity contribution in [1.82, 2.24) is 14.5 Å². The first-order valence-electron chi connectivity index (χ1n) is 6.75. The molecule has 4 heteroatoms. The molecule has 0 spiro atoms. The van der Waals surface area contributed by atoms with E-state index in [1.807, 2.05) is 18.3 Å². The third-order valence-corrected chi connectivity index (χ3v) is 3.83. The summed E-state index contributed by atoms with van der Waals surface area (Å²) in [5.41, 5.74) is 8.03. The molecule has 2 N–H and O–H groups in total. The highest BCUT2D eigenvalue weighted by Crippen LogP contribution is 2.35. The molecule has 2 heterocycles. The largest absolute Gasteiger partial charge is 0.328 e. The highest BCUT2D eigenvalue weighted by molar-refractivity contribution is 5.71. The summed E-state index contributed by atoms with van der Waals surface area (Å²) in [5, 5.41) is 0. The molecule has 3 rings (SSSR count). The molecule has 0 aliphatic heterocycles. The predicted octanol–water partition coefficient (Wildman–Crippen LogP) is 2.61. The van der Waals surface area contributed by atoms with Crippen LogP contribution in [0.25, 0.3) is 11.2 Å². The topological polar surface area (TPSA) is 56.7 Å². The molecule has 1 fully saturated rings. The second-order valence-corrected chi connectivity index (χ2v) is 5.55. The van der Waals surface area contributed by atoms with E-state index in [4.69, 9.17) is 10.7 Å². The van der Waals surface area contributed by atoms with Gasteiger partial charge in [0.1, 0.15) is 11.3 Å². The van der Waals surface area contributed by atoms with Crippen LogP contribution in [0.2, 0.25) is 0 Å². The Labute approximate surface area is 107 Å². The molecule has 2 aromatic heterocycles. The van der Waals surface area contributed by atoms with Crippen LogP contribution in [0.1, 0.15) is 50.9 Å². The maximum absolute atomic E-state index is 6.03. The van der Waals surface area contributed by atoms with Crippen molar-refractivity contribution in [3.8, 4) is 0 Å². The number of nitrogens with zero attached hydrogens (tertiary/aromatic N) is 3. The molecule has 96 valence electrons. The van der Waals surface area contributed by atoms with E-state index >= 15 is 0 Å². The average Bonchev–Trinajstić information content (AvgIpc) is 2.91. The molecule has 2 atom stereocenters. The first-order valence-corrected chi connectivity index (χ1v) is 6.75. The summed E-state index contributed by atoms with van der Waals surface area (Å²) in [4.78, 5) is 9.28. The molecule has 0 bridgehead atoms. The van der Waals surface area contributed by atoms with E-state index in [9.17, 15) is 0 Å². The number of nitrogens with two attached hydrogens (primary N) is 1. The summed E-state index contributed by atoms with van der Waals surface area (Å²) in [6.45, 7) is 4.38. The van der Waals surface area contributed by atoms with Gasteiger partial charge in [-0.1, -0.05) is 0 Å². The minimum Gasteiger partial charge on any atom is -0.328 e. The molecule has 1 aliphatic rings. The molecule has 1 saturated carbocycles. The maximum Gasteiger partial charge on any atom is 0.160 e. The van der Waals surface area contributed by atoms with Crippen molar-refractivity contribution in [3.05, 3.63) is 24.2 Å². The zero-order valence-electron chi connectivity index (χ0n) is 11.0. The van der Waals surface area contributed by atoms with Crippen LogP contribution in [-0.2, 0) is 0 Å². The zero-order valence-corrected chi connectivity index (χ0v) is 11.0. The average molecular weight is 244 g/mol. The summed E-state index contributed by atoms with van der Waals surface area (Å²) >= 11 is 0. The molecule has 4 nitrogen and oxygen atoms in total. The number of hydrogen-bond donors (Lipinski definition) is 1. The van der Waals surface area contributed by atoms with E-state index in [2.05, 4.69) is 23.4 Å². The SMILES string of the molecule is CC(C)n1c([C@@H]2CC[C@H](N)C2)nc2cccnc21.